The van der Waals surface area contributed by atoms with Crippen molar-refractivity contribution in [2.45, 2.75) is 19.9 Å². The van der Waals surface area contributed by atoms with E-state index in [9.17, 15) is 0 Å². The minimum Gasteiger partial charge on any atom is -0.491 e. The topological polar surface area (TPSA) is 21.3 Å². The second kappa shape index (κ2) is 7.32. The second-order valence-electron chi connectivity index (χ2n) is 3.35. The van der Waals surface area contributed by atoms with E-state index in [1.807, 2.05) is 6.07 Å². The Labute approximate surface area is 106 Å². The Morgan fingerprint density at radius 2 is 2.31 bits per heavy atom. The summed E-state index contributed by atoms with van der Waals surface area (Å²) in [6.45, 7) is 4.49. The van der Waals surface area contributed by atoms with Crippen LogP contribution in [-0.2, 0) is 6.54 Å². The van der Waals surface area contributed by atoms with Gasteiger partial charge < -0.3 is 10.1 Å². The summed E-state index contributed by atoms with van der Waals surface area (Å²) in [5, 5.41) is 3.28. The van der Waals surface area contributed by atoms with Crippen molar-refractivity contribution in [2.75, 3.05) is 13.2 Å². The van der Waals surface area contributed by atoms with Crippen molar-refractivity contribution in [3.63, 3.8) is 0 Å². The van der Waals surface area contributed by atoms with Gasteiger partial charge in [0.05, 0.1) is 11.1 Å². The molecule has 0 aliphatic carbocycles. The molecular formula is C13H16BrNO. The van der Waals surface area contributed by atoms with E-state index in [1.165, 1.54) is 5.56 Å². The van der Waals surface area contributed by atoms with Gasteiger partial charge in [-0.1, -0.05) is 13.0 Å². The zero-order valence-electron chi connectivity index (χ0n) is 9.42. The van der Waals surface area contributed by atoms with Gasteiger partial charge in [-0.3, -0.25) is 0 Å². The monoisotopic (exact) mass is 281 g/mol. The minimum absolute atomic E-state index is 0.557. The third kappa shape index (κ3) is 4.26. The van der Waals surface area contributed by atoms with Crippen LogP contribution in [0.1, 0.15) is 18.9 Å². The van der Waals surface area contributed by atoms with Gasteiger partial charge >= 0.3 is 0 Å². The molecule has 0 aliphatic rings. The van der Waals surface area contributed by atoms with Gasteiger partial charge in [0.25, 0.3) is 0 Å². The molecule has 0 bridgehead atoms. The van der Waals surface area contributed by atoms with Crippen molar-refractivity contribution in [2.24, 2.45) is 0 Å². The molecule has 2 nitrogen and oxygen atoms in total. The van der Waals surface area contributed by atoms with E-state index in [1.54, 1.807) is 0 Å². The lowest BCUT2D eigenvalue weighted by Gasteiger charge is -2.08. The van der Waals surface area contributed by atoms with Crippen LogP contribution in [0, 0.1) is 12.3 Å². The van der Waals surface area contributed by atoms with Crippen molar-refractivity contribution >= 4 is 15.9 Å². The molecule has 0 spiro atoms. The van der Waals surface area contributed by atoms with E-state index in [-0.39, 0.29) is 0 Å². The van der Waals surface area contributed by atoms with E-state index in [4.69, 9.17) is 11.2 Å². The SMILES string of the molecule is C#CCCOc1ccc(CNCC)cc1Br. The minimum atomic E-state index is 0.557. The Kier molecular flexibility index (Phi) is 5.99. The van der Waals surface area contributed by atoms with Crippen LogP contribution in [0.4, 0.5) is 0 Å². The van der Waals surface area contributed by atoms with E-state index in [0.717, 1.165) is 23.3 Å². The van der Waals surface area contributed by atoms with Crippen LogP contribution < -0.4 is 10.1 Å². The number of benzene rings is 1. The average Bonchev–Trinajstić information content (AvgIpc) is 2.29. The highest BCUT2D eigenvalue weighted by molar-refractivity contribution is 9.10. The summed E-state index contributed by atoms with van der Waals surface area (Å²) in [5.41, 5.74) is 1.23. The summed E-state index contributed by atoms with van der Waals surface area (Å²) in [7, 11) is 0. The lowest BCUT2D eigenvalue weighted by molar-refractivity contribution is 0.325. The van der Waals surface area contributed by atoms with Gasteiger partial charge in [-0.05, 0) is 40.2 Å². The molecule has 0 amide bonds. The molecule has 16 heavy (non-hydrogen) atoms. The number of terminal acetylenes is 1. The first-order valence-corrected chi connectivity index (χ1v) is 6.12. The summed E-state index contributed by atoms with van der Waals surface area (Å²) in [6, 6.07) is 6.08. The van der Waals surface area contributed by atoms with Crippen LogP contribution in [0.5, 0.6) is 5.75 Å². The van der Waals surface area contributed by atoms with Gasteiger partial charge in [-0.25, -0.2) is 0 Å². The van der Waals surface area contributed by atoms with Gasteiger partial charge in [0.2, 0.25) is 0 Å². The summed E-state index contributed by atoms with van der Waals surface area (Å²) in [4.78, 5) is 0. The van der Waals surface area contributed by atoms with Crippen LogP contribution in [0.25, 0.3) is 0 Å². The predicted octanol–water partition coefficient (Wildman–Crippen LogP) is 2.96. The molecule has 0 unspecified atom stereocenters. The maximum absolute atomic E-state index is 5.53. The first kappa shape index (κ1) is 13.1. The Balaban J connectivity index is 2.57. The van der Waals surface area contributed by atoms with E-state index >= 15 is 0 Å². The highest BCUT2D eigenvalue weighted by atomic mass is 79.9. The number of halogens is 1. The fourth-order valence-corrected chi connectivity index (χ4v) is 1.80. The molecule has 86 valence electrons. The fraction of sp³-hybridized carbons (Fsp3) is 0.385. The van der Waals surface area contributed by atoms with E-state index in [0.29, 0.717) is 13.0 Å². The normalized spacial score (nSPS) is 9.81. The summed E-state index contributed by atoms with van der Waals surface area (Å²) in [5.74, 6) is 3.39. The fourth-order valence-electron chi connectivity index (χ4n) is 1.26. The highest BCUT2D eigenvalue weighted by Gasteiger charge is 2.02. The Morgan fingerprint density at radius 3 is 2.94 bits per heavy atom. The van der Waals surface area contributed by atoms with Gasteiger partial charge in [0, 0.05) is 13.0 Å². The Morgan fingerprint density at radius 1 is 1.50 bits per heavy atom. The third-order valence-electron chi connectivity index (χ3n) is 2.08. The van der Waals surface area contributed by atoms with E-state index < -0.39 is 0 Å². The maximum atomic E-state index is 5.53. The number of ether oxygens (including phenoxy) is 1. The predicted molar refractivity (Wildman–Crippen MR) is 70.5 cm³/mol. The molecule has 0 heterocycles. The maximum Gasteiger partial charge on any atom is 0.133 e. The first-order valence-electron chi connectivity index (χ1n) is 5.33. The zero-order valence-corrected chi connectivity index (χ0v) is 11.0. The lowest BCUT2D eigenvalue weighted by atomic mass is 10.2. The molecule has 1 rings (SSSR count). The molecule has 1 N–H and O–H groups in total. The third-order valence-corrected chi connectivity index (χ3v) is 2.70. The van der Waals surface area contributed by atoms with Crippen molar-refractivity contribution in [3.8, 4) is 18.1 Å². The largest absolute Gasteiger partial charge is 0.491 e. The summed E-state index contributed by atoms with van der Waals surface area (Å²) in [6.07, 6.45) is 5.79. The molecule has 0 saturated carbocycles. The zero-order chi connectivity index (χ0) is 11.8. The van der Waals surface area contributed by atoms with Crippen LogP contribution in [-0.4, -0.2) is 13.2 Å². The average molecular weight is 282 g/mol. The molecule has 0 aromatic heterocycles. The van der Waals surface area contributed by atoms with Gasteiger partial charge in [-0.15, -0.1) is 12.3 Å². The summed E-state index contributed by atoms with van der Waals surface area (Å²) >= 11 is 3.49. The van der Waals surface area contributed by atoms with Crippen LogP contribution in [0.2, 0.25) is 0 Å². The number of hydrogen-bond acceptors (Lipinski definition) is 2. The Bertz CT molecular complexity index is 371. The van der Waals surface area contributed by atoms with Gasteiger partial charge in [0.15, 0.2) is 0 Å². The smallest absolute Gasteiger partial charge is 0.133 e. The molecule has 0 radical (unpaired) electrons. The van der Waals surface area contributed by atoms with Crippen molar-refractivity contribution in [1.29, 1.82) is 0 Å². The van der Waals surface area contributed by atoms with E-state index in [2.05, 4.69) is 46.2 Å². The molecule has 0 atom stereocenters. The van der Waals surface area contributed by atoms with Crippen molar-refractivity contribution in [3.05, 3.63) is 28.2 Å². The second-order valence-corrected chi connectivity index (χ2v) is 4.20. The van der Waals surface area contributed by atoms with Crippen molar-refractivity contribution < 1.29 is 4.74 Å². The first-order chi connectivity index (χ1) is 7.77. The van der Waals surface area contributed by atoms with Gasteiger partial charge in [-0.2, -0.15) is 0 Å². The molecule has 3 heteroatoms. The number of nitrogens with one attached hydrogen (secondary N) is 1. The van der Waals surface area contributed by atoms with Crippen LogP contribution in [0.3, 0.4) is 0 Å². The van der Waals surface area contributed by atoms with Crippen molar-refractivity contribution in [1.82, 2.24) is 5.32 Å². The molecule has 1 aromatic rings. The molecule has 0 aliphatic heterocycles. The quantitative estimate of drug-likeness (QED) is 0.640. The number of hydrogen-bond donors (Lipinski definition) is 1. The Hall–Kier alpha value is -0.980. The van der Waals surface area contributed by atoms with Crippen LogP contribution in [0.15, 0.2) is 22.7 Å². The van der Waals surface area contributed by atoms with Crippen LogP contribution >= 0.6 is 15.9 Å². The molecular weight excluding hydrogens is 266 g/mol. The molecule has 1 aromatic carbocycles. The standard InChI is InChI=1S/C13H16BrNO/c1-3-5-8-16-13-7-6-11(9-12(13)14)10-15-4-2/h1,6-7,9,15H,4-5,8,10H2,2H3. The number of rotatable bonds is 6. The molecule has 0 fully saturated rings. The highest BCUT2D eigenvalue weighted by Crippen LogP contribution is 2.26. The molecule has 0 saturated heterocycles. The summed E-state index contributed by atoms with van der Waals surface area (Å²) < 4.78 is 6.50. The lowest BCUT2D eigenvalue weighted by Crippen LogP contribution is -2.11. The van der Waals surface area contributed by atoms with Gasteiger partial charge in [0.1, 0.15) is 5.75 Å².